The second-order valence-electron chi connectivity index (χ2n) is 6.76. The van der Waals surface area contributed by atoms with Crippen LogP contribution >= 0.6 is 27.9 Å². The van der Waals surface area contributed by atoms with Crippen molar-refractivity contribution in [2.24, 2.45) is 4.40 Å². The molecule has 1 amide bonds. The third-order valence-electron chi connectivity index (χ3n) is 3.45. The Kier molecular flexibility index (Phi) is 6.85. The number of hydrogen-bond acceptors (Lipinski definition) is 3. The van der Waals surface area contributed by atoms with E-state index in [9.17, 15) is 4.79 Å². The number of para-hydroxylation sites is 1. The Morgan fingerprint density at radius 1 is 1.16 bits per heavy atom. The molecule has 0 unspecified atom stereocenters. The highest BCUT2D eigenvalue weighted by Gasteiger charge is 2.15. The van der Waals surface area contributed by atoms with E-state index in [1.807, 2.05) is 55.5 Å². The zero-order valence-corrected chi connectivity index (χ0v) is 17.4. The first kappa shape index (κ1) is 19.7. The van der Waals surface area contributed by atoms with Gasteiger partial charge in [0.2, 0.25) is 6.41 Å². The summed E-state index contributed by atoms with van der Waals surface area (Å²) in [6, 6.07) is 15.9. The molecule has 2 aromatic rings. The number of amides is 1. The van der Waals surface area contributed by atoms with Crippen LogP contribution in [0.5, 0.6) is 0 Å². The number of halogens is 1. The van der Waals surface area contributed by atoms with E-state index in [4.69, 9.17) is 0 Å². The first-order valence-electron chi connectivity index (χ1n) is 8.09. The Hall–Kier alpha value is -1.59. The van der Waals surface area contributed by atoms with Crippen molar-refractivity contribution in [2.45, 2.75) is 39.0 Å². The second kappa shape index (κ2) is 8.68. The van der Waals surface area contributed by atoms with E-state index < -0.39 is 0 Å². The lowest BCUT2D eigenvalue weighted by molar-refractivity contribution is -0.107. The fourth-order valence-corrected chi connectivity index (χ4v) is 3.02. The highest BCUT2D eigenvalue weighted by molar-refractivity contribution is 9.10. The number of carbonyl (C=O) groups is 1. The third-order valence-corrected chi connectivity index (χ3v) is 4.89. The van der Waals surface area contributed by atoms with Crippen molar-refractivity contribution in [3.8, 4) is 0 Å². The largest absolute Gasteiger partial charge is 0.310 e. The van der Waals surface area contributed by atoms with Crippen LogP contribution in [0, 0.1) is 0 Å². The van der Waals surface area contributed by atoms with Crippen LogP contribution in [0.1, 0.15) is 38.8 Å². The summed E-state index contributed by atoms with van der Waals surface area (Å²) in [5.41, 5.74) is 3.83. The molecule has 0 aliphatic carbocycles. The molecule has 132 valence electrons. The first-order chi connectivity index (χ1) is 11.8. The van der Waals surface area contributed by atoms with E-state index in [1.54, 1.807) is 16.8 Å². The summed E-state index contributed by atoms with van der Waals surface area (Å²) in [6.07, 6.45) is 0.880. The number of rotatable bonds is 6. The van der Waals surface area contributed by atoms with Crippen molar-refractivity contribution in [3.05, 3.63) is 64.1 Å². The van der Waals surface area contributed by atoms with Crippen LogP contribution in [0.4, 0.5) is 5.69 Å². The van der Waals surface area contributed by atoms with Crippen LogP contribution in [0.25, 0.3) is 0 Å². The average molecular weight is 419 g/mol. The molecule has 2 aromatic carbocycles. The first-order valence-corrected chi connectivity index (χ1v) is 9.65. The Balaban J connectivity index is 2.30. The van der Waals surface area contributed by atoms with Crippen molar-refractivity contribution in [1.82, 2.24) is 0 Å². The van der Waals surface area contributed by atoms with Crippen LogP contribution in [0.15, 0.2) is 57.4 Å². The molecular formula is C20H23BrN2OS. The molecule has 0 aliphatic heterocycles. The average Bonchev–Trinajstić information content (AvgIpc) is 2.58. The molecular weight excluding hydrogens is 396 g/mol. The van der Waals surface area contributed by atoms with Crippen LogP contribution in [-0.4, -0.2) is 16.9 Å². The van der Waals surface area contributed by atoms with Crippen molar-refractivity contribution in [3.63, 3.8) is 0 Å². The molecule has 0 fully saturated rings. The quantitative estimate of drug-likeness (QED) is 0.333. The standard InChI is InChI=1S/C20H23BrN2OS/c1-15(22-25-20(2,3)4)18-7-5-6-8-19(18)23(14-24)13-16-9-11-17(21)12-10-16/h5-12,14H,13H2,1-4H3/b22-15+. The summed E-state index contributed by atoms with van der Waals surface area (Å²) in [6.45, 7) is 8.90. The van der Waals surface area contributed by atoms with Crippen LogP contribution in [0.3, 0.4) is 0 Å². The van der Waals surface area contributed by atoms with Gasteiger partial charge in [-0.3, -0.25) is 4.79 Å². The summed E-state index contributed by atoms with van der Waals surface area (Å²) < 4.78 is 5.72. The lowest BCUT2D eigenvalue weighted by atomic mass is 10.1. The van der Waals surface area contributed by atoms with E-state index >= 15 is 0 Å². The molecule has 0 heterocycles. The summed E-state index contributed by atoms with van der Waals surface area (Å²) in [7, 11) is 0. The van der Waals surface area contributed by atoms with Crippen LogP contribution in [-0.2, 0) is 11.3 Å². The molecule has 0 radical (unpaired) electrons. The molecule has 0 aliphatic rings. The fourth-order valence-electron chi connectivity index (χ4n) is 2.25. The van der Waals surface area contributed by atoms with Crippen LogP contribution in [0.2, 0.25) is 0 Å². The molecule has 0 atom stereocenters. The van der Waals surface area contributed by atoms with Crippen molar-refractivity contribution >= 4 is 45.7 Å². The lowest BCUT2D eigenvalue weighted by Gasteiger charge is -2.21. The number of carbonyl (C=O) groups excluding carboxylic acids is 1. The highest BCUT2D eigenvalue weighted by atomic mass is 79.9. The minimum atomic E-state index is 0.0535. The van der Waals surface area contributed by atoms with Gasteiger partial charge in [-0.05, 0) is 63.4 Å². The minimum absolute atomic E-state index is 0.0535. The van der Waals surface area contributed by atoms with Crippen molar-refractivity contribution in [2.75, 3.05) is 4.90 Å². The number of anilines is 1. The van der Waals surface area contributed by atoms with E-state index in [1.165, 1.54) is 0 Å². The molecule has 0 N–H and O–H groups in total. The fraction of sp³-hybridized carbons (Fsp3) is 0.300. The molecule has 0 bridgehead atoms. The molecule has 5 heteroatoms. The van der Waals surface area contributed by atoms with Gasteiger partial charge in [-0.25, -0.2) is 4.40 Å². The van der Waals surface area contributed by atoms with Gasteiger partial charge in [-0.2, -0.15) is 0 Å². The molecule has 0 saturated heterocycles. The third kappa shape index (κ3) is 6.01. The smallest absolute Gasteiger partial charge is 0.214 e. The van der Waals surface area contributed by atoms with E-state index in [-0.39, 0.29) is 4.75 Å². The number of hydrogen-bond donors (Lipinski definition) is 0. The van der Waals surface area contributed by atoms with Crippen molar-refractivity contribution in [1.29, 1.82) is 0 Å². The van der Waals surface area contributed by atoms with Gasteiger partial charge in [0.15, 0.2) is 0 Å². The summed E-state index contributed by atoms with van der Waals surface area (Å²) in [5.74, 6) is 0. The van der Waals surface area contributed by atoms with Crippen LogP contribution < -0.4 is 4.90 Å². The Morgan fingerprint density at radius 3 is 2.40 bits per heavy atom. The molecule has 0 spiro atoms. The van der Waals surface area contributed by atoms with Gasteiger partial charge in [0.1, 0.15) is 0 Å². The van der Waals surface area contributed by atoms with Gasteiger partial charge in [0, 0.05) is 14.8 Å². The molecule has 0 saturated carbocycles. The van der Waals surface area contributed by atoms with Gasteiger partial charge in [0.05, 0.1) is 17.9 Å². The Bertz CT molecular complexity index is 751. The molecule has 25 heavy (non-hydrogen) atoms. The predicted molar refractivity (Wildman–Crippen MR) is 112 cm³/mol. The zero-order valence-electron chi connectivity index (χ0n) is 15.0. The molecule has 0 aromatic heterocycles. The second-order valence-corrected chi connectivity index (χ2v) is 9.26. The summed E-state index contributed by atoms with van der Waals surface area (Å²) in [5, 5.41) is 0. The summed E-state index contributed by atoms with van der Waals surface area (Å²) in [4.78, 5) is 13.5. The van der Waals surface area contributed by atoms with E-state index in [0.29, 0.717) is 6.54 Å². The van der Waals surface area contributed by atoms with E-state index in [0.717, 1.165) is 33.4 Å². The van der Waals surface area contributed by atoms with Gasteiger partial charge in [-0.15, -0.1) is 0 Å². The maximum absolute atomic E-state index is 11.7. The summed E-state index contributed by atoms with van der Waals surface area (Å²) >= 11 is 4.98. The van der Waals surface area contributed by atoms with Crippen molar-refractivity contribution < 1.29 is 4.79 Å². The van der Waals surface area contributed by atoms with E-state index in [2.05, 4.69) is 41.1 Å². The zero-order chi connectivity index (χ0) is 18.4. The van der Waals surface area contributed by atoms with Gasteiger partial charge >= 0.3 is 0 Å². The molecule has 3 nitrogen and oxygen atoms in total. The van der Waals surface area contributed by atoms with Gasteiger partial charge in [-0.1, -0.05) is 46.3 Å². The number of benzene rings is 2. The number of nitrogens with zero attached hydrogens (tertiary/aromatic N) is 2. The Labute approximate surface area is 162 Å². The molecule has 2 rings (SSSR count). The maximum Gasteiger partial charge on any atom is 0.214 e. The predicted octanol–water partition coefficient (Wildman–Crippen LogP) is 5.87. The maximum atomic E-state index is 11.7. The Morgan fingerprint density at radius 2 is 1.80 bits per heavy atom. The minimum Gasteiger partial charge on any atom is -0.310 e. The monoisotopic (exact) mass is 418 g/mol. The SMILES string of the molecule is C/C(=N\SC(C)(C)C)c1ccccc1N(C=O)Cc1ccc(Br)cc1. The highest BCUT2D eigenvalue weighted by Crippen LogP contribution is 2.28. The van der Waals surface area contributed by atoms with Gasteiger partial charge < -0.3 is 4.90 Å². The topological polar surface area (TPSA) is 32.7 Å². The normalized spacial score (nSPS) is 12.1. The van der Waals surface area contributed by atoms with Gasteiger partial charge in [0.25, 0.3) is 0 Å². The lowest BCUT2D eigenvalue weighted by Crippen LogP contribution is -2.22.